The molecule has 106 valence electrons. The van der Waals surface area contributed by atoms with Gasteiger partial charge in [0, 0.05) is 0 Å². The van der Waals surface area contributed by atoms with Crippen molar-refractivity contribution in [3.63, 3.8) is 0 Å². The maximum Gasteiger partial charge on any atom is 0.391 e. The van der Waals surface area contributed by atoms with Crippen LogP contribution < -0.4 is 10.5 Å². The number of methoxy groups -OCH3 is 1. The lowest BCUT2D eigenvalue weighted by Crippen LogP contribution is -2.12. The van der Waals surface area contributed by atoms with E-state index in [0.717, 1.165) is 0 Å². The minimum absolute atomic E-state index is 0.0735. The highest BCUT2D eigenvalue weighted by Gasteiger charge is 2.26. The SMILES string of the molecule is COc1cc(COCCC(F)(F)F)ccc1C(N)=S. The fourth-order valence-electron chi connectivity index (χ4n) is 1.41. The molecule has 0 aromatic heterocycles. The van der Waals surface area contributed by atoms with Crippen molar-refractivity contribution < 1.29 is 22.6 Å². The van der Waals surface area contributed by atoms with Gasteiger partial charge in [0.05, 0.1) is 32.3 Å². The zero-order chi connectivity index (χ0) is 14.5. The molecule has 0 radical (unpaired) electrons. The Bertz CT molecular complexity index is 449. The minimum Gasteiger partial charge on any atom is -0.496 e. The molecular weight excluding hydrogens is 279 g/mol. The standard InChI is InChI=1S/C12H14F3NO2S/c1-17-10-6-8(2-3-9(10)11(16)19)7-18-5-4-12(13,14)15/h2-3,6H,4-5,7H2,1H3,(H2,16,19). The Balaban J connectivity index is 2.58. The van der Waals surface area contributed by atoms with Crippen LogP contribution in [-0.2, 0) is 11.3 Å². The van der Waals surface area contributed by atoms with E-state index < -0.39 is 12.6 Å². The summed E-state index contributed by atoms with van der Waals surface area (Å²) in [6.45, 7) is -0.299. The zero-order valence-electron chi connectivity index (χ0n) is 10.3. The molecule has 0 saturated carbocycles. The molecule has 0 heterocycles. The predicted octanol–water partition coefficient (Wildman–Crippen LogP) is 2.80. The first kappa shape index (κ1) is 15.7. The van der Waals surface area contributed by atoms with E-state index in [1.807, 2.05) is 0 Å². The fraction of sp³-hybridized carbons (Fsp3) is 0.417. The summed E-state index contributed by atoms with van der Waals surface area (Å²) in [5, 5.41) is 0. The first-order valence-corrected chi connectivity index (χ1v) is 5.85. The summed E-state index contributed by atoms with van der Waals surface area (Å²) in [6.07, 6.45) is -5.16. The summed E-state index contributed by atoms with van der Waals surface area (Å²) in [4.78, 5) is 0.196. The van der Waals surface area contributed by atoms with Gasteiger partial charge in [0.2, 0.25) is 0 Å². The molecule has 19 heavy (non-hydrogen) atoms. The summed E-state index contributed by atoms with van der Waals surface area (Å²) in [7, 11) is 1.46. The number of ether oxygens (including phenoxy) is 2. The molecule has 0 atom stereocenters. The van der Waals surface area contributed by atoms with E-state index in [0.29, 0.717) is 16.9 Å². The van der Waals surface area contributed by atoms with Crippen LogP contribution in [0.25, 0.3) is 0 Å². The molecule has 0 aliphatic rings. The summed E-state index contributed by atoms with van der Waals surface area (Å²) in [5.74, 6) is 0.476. The molecule has 0 bridgehead atoms. The maximum atomic E-state index is 11.9. The maximum absolute atomic E-state index is 11.9. The molecule has 1 aromatic rings. The first-order chi connectivity index (χ1) is 8.83. The average Bonchev–Trinajstić information content (AvgIpc) is 2.33. The number of halogens is 3. The third-order valence-corrected chi connectivity index (χ3v) is 2.55. The summed E-state index contributed by atoms with van der Waals surface area (Å²) in [5.41, 5.74) is 6.78. The van der Waals surface area contributed by atoms with Crippen molar-refractivity contribution in [1.82, 2.24) is 0 Å². The number of thiocarbonyl (C=S) groups is 1. The van der Waals surface area contributed by atoms with Crippen molar-refractivity contribution in [2.45, 2.75) is 19.2 Å². The van der Waals surface area contributed by atoms with Gasteiger partial charge in [-0.1, -0.05) is 18.3 Å². The van der Waals surface area contributed by atoms with Gasteiger partial charge in [-0.2, -0.15) is 13.2 Å². The molecule has 0 aliphatic carbocycles. The van der Waals surface area contributed by atoms with Gasteiger partial charge in [-0.15, -0.1) is 0 Å². The molecule has 7 heteroatoms. The Morgan fingerprint density at radius 1 is 1.37 bits per heavy atom. The van der Waals surface area contributed by atoms with E-state index in [4.69, 9.17) is 27.4 Å². The summed E-state index contributed by atoms with van der Waals surface area (Å²) < 4.78 is 45.8. The number of hydrogen-bond acceptors (Lipinski definition) is 3. The van der Waals surface area contributed by atoms with Gasteiger partial charge in [0.1, 0.15) is 10.7 Å². The predicted molar refractivity (Wildman–Crippen MR) is 69.2 cm³/mol. The van der Waals surface area contributed by atoms with Crippen LogP contribution in [0.2, 0.25) is 0 Å². The molecule has 1 rings (SSSR count). The Labute approximate surface area is 114 Å². The monoisotopic (exact) mass is 293 g/mol. The van der Waals surface area contributed by atoms with Crippen LogP contribution in [0.15, 0.2) is 18.2 Å². The highest BCUT2D eigenvalue weighted by atomic mass is 32.1. The van der Waals surface area contributed by atoms with E-state index in [1.54, 1.807) is 18.2 Å². The van der Waals surface area contributed by atoms with Crippen LogP contribution in [0.1, 0.15) is 17.5 Å². The molecule has 0 aliphatic heterocycles. The minimum atomic E-state index is -4.20. The molecule has 1 aromatic carbocycles. The second-order valence-electron chi connectivity index (χ2n) is 3.82. The first-order valence-electron chi connectivity index (χ1n) is 5.44. The molecule has 0 unspecified atom stereocenters. The van der Waals surface area contributed by atoms with Crippen molar-refractivity contribution in [3.8, 4) is 5.75 Å². The van der Waals surface area contributed by atoms with Gasteiger partial charge in [-0.05, 0) is 17.7 Å². The smallest absolute Gasteiger partial charge is 0.391 e. The van der Waals surface area contributed by atoms with Crippen LogP contribution in [0.4, 0.5) is 13.2 Å². The number of benzene rings is 1. The zero-order valence-corrected chi connectivity index (χ0v) is 11.1. The third-order valence-electron chi connectivity index (χ3n) is 2.33. The van der Waals surface area contributed by atoms with Crippen LogP contribution in [-0.4, -0.2) is 24.9 Å². The van der Waals surface area contributed by atoms with Gasteiger partial charge >= 0.3 is 6.18 Å². The largest absolute Gasteiger partial charge is 0.496 e. The topological polar surface area (TPSA) is 44.5 Å². The molecule has 0 spiro atoms. The molecule has 3 nitrogen and oxygen atoms in total. The summed E-state index contributed by atoms with van der Waals surface area (Å²) in [6, 6.07) is 4.98. The average molecular weight is 293 g/mol. The van der Waals surface area contributed by atoms with Crippen LogP contribution >= 0.6 is 12.2 Å². The highest BCUT2D eigenvalue weighted by Crippen LogP contribution is 2.22. The van der Waals surface area contributed by atoms with Crippen molar-refractivity contribution in [2.24, 2.45) is 5.73 Å². The molecular formula is C12H14F3NO2S. The van der Waals surface area contributed by atoms with E-state index in [-0.39, 0.29) is 18.2 Å². The quantitative estimate of drug-likeness (QED) is 0.647. The van der Waals surface area contributed by atoms with Crippen LogP contribution in [0.5, 0.6) is 5.75 Å². The lowest BCUT2D eigenvalue weighted by Gasteiger charge is -2.10. The van der Waals surface area contributed by atoms with Crippen LogP contribution in [0, 0.1) is 0 Å². The van der Waals surface area contributed by atoms with Gasteiger partial charge in [0.15, 0.2) is 0 Å². The van der Waals surface area contributed by atoms with Crippen molar-refractivity contribution in [2.75, 3.05) is 13.7 Å². The second-order valence-corrected chi connectivity index (χ2v) is 4.26. The van der Waals surface area contributed by atoms with Gasteiger partial charge < -0.3 is 15.2 Å². The van der Waals surface area contributed by atoms with E-state index >= 15 is 0 Å². The molecule has 0 saturated heterocycles. The van der Waals surface area contributed by atoms with Gasteiger partial charge in [-0.25, -0.2) is 0 Å². The number of nitrogens with two attached hydrogens (primary N) is 1. The van der Waals surface area contributed by atoms with E-state index in [9.17, 15) is 13.2 Å². The number of alkyl halides is 3. The number of hydrogen-bond donors (Lipinski definition) is 1. The Kier molecular flexibility index (Phi) is 5.56. The Morgan fingerprint density at radius 3 is 2.58 bits per heavy atom. The van der Waals surface area contributed by atoms with E-state index in [1.165, 1.54) is 7.11 Å². The van der Waals surface area contributed by atoms with Gasteiger partial charge in [0.25, 0.3) is 0 Å². The Morgan fingerprint density at radius 2 is 2.05 bits per heavy atom. The Hall–Kier alpha value is -1.34. The van der Waals surface area contributed by atoms with E-state index in [2.05, 4.69) is 0 Å². The molecule has 2 N–H and O–H groups in total. The lowest BCUT2D eigenvalue weighted by molar-refractivity contribution is -0.146. The van der Waals surface area contributed by atoms with Crippen molar-refractivity contribution in [1.29, 1.82) is 0 Å². The van der Waals surface area contributed by atoms with Gasteiger partial charge in [-0.3, -0.25) is 0 Å². The molecule has 0 amide bonds. The van der Waals surface area contributed by atoms with Crippen LogP contribution in [0.3, 0.4) is 0 Å². The number of rotatable bonds is 6. The summed E-state index contributed by atoms with van der Waals surface area (Å²) >= 11 is 4.85. The third kappa shape index (κ3) is 5.44. The molecule has 0 fully saturated rings. The normalized spacial score (nSPS) is 11.4. The lowest BCUT2D eigenvalue weighted by atomic mass is 10.1. The van der Waals surface area contributed by atoms with Crippen molar-refractivity contribution >= 4 is 17.2 Å². The highest BCUT2D eigenvalue weighted by molar-refractivity contribution is 7.80. The second kappa shape index (κ2) is 6.72. The van der Waals surface area contributed by atoms with Crippen molar-refractivity contribution in [3.05, 3.63) is 29.3 Å². The fourth-order valence-corrected chi connectivity index (χ4v) is 1.58.